The second-order valence-corrected chi connectivity index (χ2v) is 9.77. The lowest BCUT2D eigenvalue weighted by Gasteiger charge is -2.13. The molecule has 0 heterocycles. The maximum Gasteiger partial charge on any atom is 0.416 e. The van der Waals surface area contributed by atoms with Crippen molar-refractivity contribution in [3.05, 3.63) is 118 Å². The first-order valence-electron chi connectivity index (χ1n) is 13.2. The van der Waals surface area contributed by atoms with E-state index in [1.165, 1.54) is 0 Å². The third-order valence-corrected chi connectivity index (χ3v) is 6.46. The Kier molecular flexibility index (Phi) is 9.72. The lowest BCUT2D eigenvalue weighted by atomic mass is 9.98. The lowest BCUT2D eigenvalue weighted by Crippen LogP contribution is -2.22. The number of carboxylic acid groups (broad SMARTS) is 2. The van der Waals surface area contributed by atoms with Gasteiger partial charge in [-0.1, -0.05) is 0 Å². The van der Waals surface area contributed by atoms with Crippen LogP contribution >= 0.6 is 0 Å². The van der Waals surface area contributed by atoms with Crippen LogP contribution in [-0.4, -0.2) is 40.0 Å². The van der Waals surface area contributed by atoms with Crippen molar-refractivity contribution in [1.82, 2.24) is 0 Å². The second kappa shape index (κ2) is 13.5. The van der Waals surface area contributed by atoms with Crippen LogP contribution in [0.5, 0.6) is 0 Å². The van der Waals surface area contributed by atoms with E-state index in [0.717, 1.165) is 84.9 Å². The summed E-state index contributed by atoms with van der Waals surface area (Å²) in [6.45, 7) is 0. The van der Waals surface area contributed by atoms with E-state index in [-0.39, 0.29) is 33.9 Å². The van der Waals surface area contributed by atoms with Gasteiger partial charge in [0.1, 0.15) is 0 Å². The standard InChI is InChI=1S/C31H20F6N4O7/c32-30(33,34)17-3-7-19(8-4-17)38-28(47)40-23-11-1-15(13-21(23)26(43)44)25(42)16-2-12-24(22(14-16)27(45)46)41-29(48)39-20-9-5-18(6-10-20)31(35,36)37/h1-14H,(H,43,44)(H,45,46)(H2,38,40,47)(H2,39,41,48). The van der Waals surface area contributed by atoms with E-state index < -0.39 is 64.4 Å². The van der Waals surface area contributed by atoms with Crippen molar-refractivity contribution in [2.24, 2.45) is 0 Å². The summed E-state index contributed by atoms with van der Waals surface area (Å²) in [5, 5.41) is 28.3. The van der Waals surface area contributed by atoms with E-state index in [0.29, 0.717) is 0 Å². The fourth-order valence-corrected chi connectivity index (χ4v) is 4.16. The van der Waals surface area contributed by atoms with Gasteiger partial charge in [-0.05, 0) is 84.9 Å². The van der Waals surface area contributed by atoms with Gasteiger partial charge in [-0.3, -0.25) is 4.79 Å². The number of nitrogens with one attached hydrogen (secondary N) is 4. The number of carboxylic acids is 2. The number of benzene rings is 4. The molecule has 6 N–H and O–H groups in total. The van der Waals surface area contributed by atoms with Crippen LogP contribution in [-0.2, 0) is 12.4 Å². The number of halogens is 6. The molecular formula is C31H20F6N4O7. The highest BCUT2D eigenvalue weighted by Crippen LogP contribution is 2.31. The highest BCUT2D eigenvalue weighted by molar-refractivity contribution is 6.13. The van der Waals surface area contributed by atoms with Crippen LogP contribution in [0.4, 0.5) is 58.7 Å². The average molecular weight is 675 g/mol. The van der Waals surface area contributed by atoms with E-state index in [9.17, 15) is 60.5 Å². The van der Waals surface area contributed by atoms with Crippen LogP contribution in [0, 0.1) is 0 Å². The number of rotatable bonds is 8. The molecule has 0 aromatic heterocycles. The molecule has 248 valence electrons. The van der Waals surface area contributed by atoms with Gasteiger partial charge in [-0.2, -0.15) is 26.3 Å². The van der Waals surface area contributed by atoms with Gasteiger partial charge in [-0.15, -0.1) is 0 Å². The summed E-state index contributed by atoms with van der Waals surface area (Å²) in [6.07, 6.45) is -9.19. The van der Waals surface area contributed by atoms with Crippen LogP contribution in [0.25, 0.3) is 0 Å². The zero-order chi connectivity index (χ0) is 35.4. The Morgan fingerprint density at radius 3 is 1.10 bits per heavy atom. The first-order chi connectivity index (χ1) is 22.4. The smallest absolute Gasteiger partial charge is 0.416 e. The third-order valence-electron chi connectivity index (χ3n) is 6.46. The SMILES string of the molecule is O=C(Nc1ccc(C(F)(F)F)cc1)Nc1ccc(C(=O)c2ccc(NC(=O)Nc3ccc(C(F)(F)F)cc3)c(C(=O)O)c2)cc1C(=O)O. The Morgan fingerprint density at radius 1 is 0.479 bits per heavy atom. The molecular weight excluding hydrogens is 654 g/mol. The number of carbonyl (C=O) groups is 5. The molecule has 0 spiro atoms. The van der Waals surface area contributed by atoms with Crippen molar-refractivity contribution < 1.29 is 60.5 Å². The van der Waals surface area contributed by atoms with Gasteiger partial charge in [0.2, 0.25) is 0 Å². The highest BCUT2D eigenvalue weighted by atomic mass is 19.4. The van der Waals surface area contributed by atoms with Gasteiger partial charge in [0, 0.05) is 22.5 Å². The summed E-state index contributed by atoms with van der Waals surface area (Å²) in [5.41, 5.74) is -4.13. The quantitative estimate of drug-likeness (QED) is 0.0823. The molecule has 0 unspecified atom stereocenters. The first kappa shape index (κ1) is 34.5. The molecule has 0 aliphatic rings. The van der Waals surface area contributed by atoms with E-state index in [2.05, 4.69) is 21.3 Å². The summed E-state index contributed by atoms with van der Waals surface area (Å²) in [7, 11) is 0. The normalized spacial score (nSPS) is 11.3. The minimum absolute atomic E-state index is 0.0339. The molecule has 0 saturated carbocycles. The minimum atomic E-state index is -4.60. The Morgan fingerprint density at radius 2 is 0.812 bits per heavy atom. The Hall–Kier alpha value is -6.39. The molecule has 4 amide bonds. The molecule has 0 aliphatic carbocycles. The summed E-state index contributed by atoms with van der Waals surface area (Å²) >= 11 is 0. The van der Waals surface area contributed by atoms with Gasteiger partial charge in [0.25, 0.3) is 0 Å². The molecule has 11 nitrogen and oxygen atoms in total. The van der Waals surface area contributed by atoms with Crippen molar-refractivity contribution in [3.8, 4) is 0 Å². The van der Waals surface area contributed by atoms with Crippen molar-refractivity contribution in [1.29, 1.82) is 0 Å². The second-order valence-electron chi connectivity index (χ2n) is 9.77. The summed E-state index contributed by atoms with van der Waals surface area (Å²) in [5.74, 6) is -3.99. The summed E-state index contributed by atoms with van der Waals surface area (Å²) in [6, 6.07) is 11.1. The van der Waals surface area contributed by atoms with Gasteiger partial charge in [-0.25, -0.2) is 19.2 Å². The molecule has 17 heteroatoms. The highest BCUT2D eigenvalue weighted by Gasteiger charge is 2.31. The first-order valence-corrected chi connectivity index (χ1v) is 13.2. The summed E-state index contributed by atoms with van der Waals surface area (Å²) in [4.78, 5) is 61.9. The van der Waals surface area contributed by atoms with E-state index >= 15 is 0 Å². The molecule has 4 rings (SSSR count). The number of anilines is 4. The van der Waals surface area contributed by atoms with E-state index in [1.807, 2.05) is 0 Å². The number of urea groups is 2. The van der Waals surface area contributed by atoms with Crippen LogP contribution in [0.15, 0.2) is 84.9 Å². The van der Waals surface area contributed by atoms with Gasteiger partial charge in [0.05, 0.1) is 33.6 Å². The molecule has 4 aromatic carbocycles. The van der Waals surface area contributed by atoms with Crippen molar-refractivity contribution >= 4 is 52.5 Å². The van der Waals surface area contributed by atoms with Gasteiger partial charge < -0.3 is 31.5 Å². The molecule has 0 saturated heterocycles. The monoisotopic (exact) mass is 674 g/mol. The Labute approximate surface area is 265 Å². The maximum absolute atomic E-state index is 13.2. The number of amides is 4. The lowest BCUT2D eigenvalue weighted by molar-refractivity contribution is -0.138. The number of carbonyl (C=O) groups excluding carboxylic acids is 3. The maximum atomic E-state index is 13.2. The molecule has 0 fully saturated rings. The molecule has 0 bridgehead atoms. The molecule has 0 aliphatic heterocycles. The molecule has 0 radical (unpaired) electrons. The number of hydrogen-bond donors (Lipinski definition) is 6. The van der Waals surface area contributed by atoms with Crippen LogP contribution in [0.3, 0.4) is 0 Å². The summed E-state index contributed by atoms with van der Waals surface area (Å²) < 4.78 is 76.6. The predicted molar refractivity (Wildman–Crippen MR) is 158 cm³/mol. The fourth-order valence-electron chi connectivity index (χ4n) is 4.16. The van der Waals surface area contributed by atoms with Crippen molar-refractivity contribution in [3.63, 3.8) is 0 Å². The number of alkyl halides is 6. The molecule has 48 heavy (non-hydrogen) atoms. The van der Waals surface area contributed by atoms with Gasteiger partial charge >= 0.3 is 36.4 Å². The van der Waals surface area contributed by atoms with Crippen LogP contribution < -0.4 is 21.3 Å². The third kappa shape index (κ3) is 8.45. The van der Waals surface area contributed by atoms with Crippen molar-refractivity contribution in [2.75, 3.05) is 21.3 Å². The van der Waals surface area contributed by atoms with Crippen molar-refractivity contribution in [2.45, 2.75) is 12.4 Å². The molecule has 0 atom stereocenters. The van der Waals surface area contributed by atoms with Gasteiger partial charge in [0.15, 0.2) is 5.78 Å². The van der Waals surface area contributed by atoms with E-state index in [4.69, 9.17) is 0 Å². The zero-order valence-electron chi connectivity index (χ0n) is 23.8. The van der Waals surface area contributed by atoms with Crippen LogP contribution in [0.1, 0.15) is 47.8 Å². The van der Waals surface area contributed by atoms with Crippen LogP contribution in [0.2, 0.25) is 0 Å². The number of hydrogen-bond acceptors (Lipinski definition) is 5. The zero-order valence-corrected chi connectivity index (χ0v) is 23.8. The van der Waals surface area contributed by atoms with E-state index in [1.54, 1.807) is 0 Å². The predicted octanol–water partition coefficient (Wildman–Crippen LogP) is 7.64. The number of aromatic carboxylic acids is 2. The fraction of sp³-hybridized carbons (Fsp3) is 0.0645. The molecule has 4 aromatic rings. The minimum Gasteiger partial charge on any atom is -0.478 e. The average Bonchev–Trinajstić information content (AvgIpc) is 3.00. The topological polar surface area (TPSA) is 174 Å². The largest absolute Gasteiger partial charge is 0.478 e. The number of ketones is 1. The Bertz CT molecular complexity index is 1770. The Balaban J connectivity index is 1.49.